The summed E-state index contributed by atoms with van der Waals surface area (Å²) < 4.78 is 0. The maximum absolute atomic E-state index is 12.8. The molecule has 0 saturated heterocycles. The molecule has 0 radical (unpaired) electrons. The molecule has 0 fully saturated rings. The van der Waals surface area contributed by atoms with Crippen molar-refractivity contribution in [2.24, 2.45) is 5.73 Å². The molecule has 116 valence electrons. The Hall–Kier alpha value is -3.22. The van der Waals surface area contributed by atoms with E-state index in [1.807, 2.05) is 12.1 Å². The molecule has 0 unspecified atom stereocenters. The molecule has 7 heteroatoms. The lowest BCUT2D eigenvalue weighted by Crippen LogP contribution is -2.46. The topological polar surface area (TPSA) is 107 Å². The highest BCUT2D eigenvalue weighted by Gasteiger charge is 2.37. The van der Waals surface area contributed by atoms with Crippen LogP contribution < -0.4 is 10.6 Å². The SMILES string of the molecule is NC(=O)[C@@H]1Cc2ccccc2N1C(=O)c1ccc([N+](=O)[O-])cc1. The number of anilines is 1. The Bertz CT molecular complexity index is 801. The van der Waals surface area contributed by atoms with E-state index in [-0.39, 0.29) is 11.3 Å². The van der Waals surface area contributed by atoms with Crippen LogP contribution in [-0.2, 0) is 11.2 Å². The van der Waals surface area contributed by atoms with E-state index in [2.05, 4.69) is 0 Å². The molecule has 0 bridgehead atoms. The van der Waals surface area contributed by atoms with Gasteiger partial charge < -0.3 is 5.73 Å². The summed E-state index contributed by atoms with van der Waals surface area (Å²) in [6.45, 7) is 0. The van der Waals surface area contributed by atoms with Gasteiger partial charge in [-0.15, -0.1) is 0 Å². The molecule has 2 amide bonds. The fourth-order valence-electron chi connectivity index (χ4n) is 2.73. The summed E-state index contributed by atoms with van der Waals surface area (Å²) in [6.07, 6.45) is 0.365. The molecule has 0 saturated carbocycles. The van der Waals surface area contributed by atoms with Gasteiger partial charge in [-0.05, 0) is 23.8 Å². The van der Waals surface area contributed by atoms with Gasteiger partial charge in [-0.1, -0.05) is 18.2 Å². The van der Waals surface area contributed by atoms with E-state index < -0.39 is 22.8 Å². The van der Waals surface area contributed by atoms with Gasteiger partial charge in [0.1, 0.15) is 6.04 Å². The first-order valence-electron chi connectivity index (χ1n) is 6.94. The van der Waals surface area contributed by atoms with Crippen molar-refractivity contribution < 1.29 is 14.5 Å². The van der Waals surface area contributed by atoms with Crippen molar-refractivity contribution in [1.82, 2.24) is 0 Å². The number of nitro benzene ring substituents is 1. The number of para-hydroxylation sites is 1. The first kappa shape index (κ1) is 14.7. The van der Waals surface area contributed by atoms with E-state index in [9.17, 15) is 19.7 Å². The van der Waals surface area contributed by atoms with Crippen LogP contribution in [0.25, 0.3) is 0 Å². The Morgan fingerprint density at radius 3 is 2.39 bits per heavy atom. The molecule has 2 aromatic rings. The van der Waals surface area contributed by atoms with Gasteiger partial charge in [0.2, 0.25) is 5.91 Å². The number of hydrogen-bond donors (Lipinski definition) is 1. The number of fused-ring (bicyclic) bond motifs is 1. The van der Waals surface area contributed by atoms with Crippen LogP contribution in [0.4, 0.5) is 11.4 Å². The zero-order chi connectivity index (χ0) is 16.6. The lowest BCUT2D eigenvalue weighted by Gasteiger charge is -2.23. The lowest BCUT2D eigenvalue weighted by atomic mass is 10.1. The second-order valence-electron chi connectivity index (χ2n) is 5.23. The molecule has 1 atom stereocenters. The first-order valence-corrected chi connectivity index (χ1v) is 6.94. The molecule has 1 heterocycles. The largest absolute Gasteiger partial charge is 0.368 e. The minimum atomic E-state index is -0.755. The van der Waals surface area contributed by atoms with Crippen LogP contribution in [-0.4, -0.2) is 22.8 Å². The van der Waals surface area contributed by atoms with Crippen LogP contribution in [0.15, 0.2) is 48.5 Å². The number of benzene rings is 2. The summed E-state index contributed by atoms with van der Waals surface area (Å²) in [5.74, 6) is -0.995. The fraction of sp³-hybridized carbons (Fsp3) is 0.125. The van der Waals surface area contributed by atoms with Crippen LogP contribution in [0, 0.1) is 10.1 Å². The molecule has 7 nitrogen and oxygen atoms in total. The van der Waals surface area contributed by atoms with Crippen molar-refractivity contribution in [1.29, 1.82) is 0 Å². The van der Waals surface area contributed by atoms with Gasteiger partial charge in [0.15, 0.2) is 0 Å². The molecular formula is C16H13N3O4. The standard InChI is InChI=1S/C16H13N3O4/c17-15(20)14-9-11-3-1-2-4-13(11)18(14)16(21)10-5-7-12(8-6-10)19(22)23/h1-8,14H,9H2,(H2,17,20)/t14-/m0/s1. The van der Waals surface area contributed by atoms with Gasteiger partial charge in [-0.3, -0.25) is 24.6 Å². The third-order valence-electron chi connectivity index (χ3n) is 3.85. The van der Waals surface area contributed by atoms with Crippen LogP contribution in [0.3, 0.4) is 0 Å². The fourth-order valence-corrected chi connectivity index (χ4v) is 2.73. The van der Waals surface area contributed by atoms with E-state index in [1.54, 1.807) is 12.1 Å². The van der Waals surface area contributed by atoms with E-state index >= 15 is 0 Å². The minimum absolute atomic E-state index is 0.102. The molecule has 1 aliphatic heterocycles. The van der Waals surface area contributed by atoms with Crippen molar-refractivity contribution in [2.75, 3.05) is 4.90 Å². The number of hydrogen-bond acceptors (Lipinski definition) is 4. The predicted molar refractivity (Wildman–Crippen MR) is 83.0 cm³/mol. The van der Waals surface area contributed by atoms with Crippen LogP contribution >= 0.6 is 0 Å². The average Bonchev–Trinajstić information content (AvgIpc) is 2.94. The summed E-state index contributed by atoms with van der Waals surface area (Å²) in [5, 5.41) is 10.7. The third kappa shape index (κ3) is 2.52. The van der Waals surface area contributed by atoms with Crippen LogP contribution in [0.5, 0.6) is 0 Å². The Kier molecular flexibility index (Phi) is 3.53. The van der Waals surface area contributed by atoms with Crippen molar-refractivity contribution >= 4 is 23.2 Å². The number of carbonyl (C=O) groups excluding carboxylic acids is 2. The van der Waals surface area contributed by atoms with Gasteiger partial charge >= 0.3 is 0 Å². The van der Waals surface area contributed by atoms with Crippen molar-refractivity contribution in [3.05, 3.63) is 69.8 Å². The third-order valence-corrected chi connectivity index (χ3v) is 3.85. The number of nitrogens with zero attached hydrogens (tertiary/aromatic N) is 2. The Balaban J connectivity index is 1.99. The molecule has 2 N–H and O–H groups in total. The Labute approximate surface area is 131 Å². The average molecular weight is 311 g/mol. The highest BCUT2D eigenvalue weighted by Crippen LogP contribution is 2.33. The number of amides is 2. The van der Waals surface area contributed by atoms with E-state index in [4.69, 9.17) is 5.73 Å². The summed E-state index contributed by atoms with van der Waals surface area (Å²) in [5.41, 5.74) is 7.09. The maximum atomic E-state index is 12.8. The highest BCUT2D eigenvalue weighted by atomic mass is 16.6. The number of primary amides is 1. The van der Waals surface area contributed by atoms with Crippen LogP contribution in [0.2, 0.25) is 0 Å². The lowest BCUT2D eigenvalue weighted by molar-refractivity contribution is -0.384. The van der Waals surface area contributed by atoms with Gasteiger partial charge in [-0.25, -0.2) is 0 Å². The zero-order valence-electron chi connectivity index (χ0n) is 12.0. The smallest absolute Gasteiger partial charge is 0.269 e. The molecule has 3 rings (SSSR count). The second kappa shape index (κ2) is 5.53. The minimum Gasteiger partial charge on any atom is -0.368 e. The Morgan fingerprint density at radius 1 is 1.13 bits per heavy atom. The molecule has 23 heavy (non-hydrogen) atoms. The van der Waals surface area contributed by atoms with E-state index in [0.29, 0.717) is 12.1 Å². The number of nitro groups is 1. The number of non-ortho nitro benzene ring substituents is 1. The molecule has 0 aromatic heterocycles. The van der Waals surface area contributed by atoms with E-state index in [0.717, 1.165) is 5.56 Å². The molecule has 0 spiro atoms. The summed E-state index contributed by atoms with van der Waals surface area (Å²) in [7, 11) is 0. The molecular weight excluding hydrogens is 298 g/mol. The number of nitrogens with two attached hydrogens (primary N) is 1. The first-order chi connectivity index (χ1) is 11.0. The predicted octanol–water partition coefficient (Wildman–Crippen LogP) is 1.65. The molecule has 0 aliphatic carbocycles. The van der Waals surface area contributed by atoms with Crippen molar-refractivity contribution in [3.8, 4) is 0 Å². The van der Waals surface area contributed by atoms with Gasteiger partial charge in [0.05, 0.1) is 4.92 Å². The van der Waals surface area contributed by atoms with Gasteiger partial charge in [0, 0.05) is 29.8 Å². The Morgan fingerprint density at radius 2 is 1.78 bits per heavy atom. The number of rotatable bonds is 3. The quantitative estimate of drug-likeness (QED) is 0.687. The molecule has 2 aromatic carbocycles. The van der Waals surface area contributed by atoms with Crippen LogP contribution in [0.1, 0.15) is 15.9 Å². The summed E-state index contributed by atoms with van der Waals surface area (Å²) in [6, 6.07) is 11.7. The van der Waals surface area contributed by atoms with Crippen molar-refractivity contribution in [3.63, 3.8) is 0 Å². The number of carbonyl (C=O) groups is 2. The zero-order valence-corrected chi connectivity index (χ0v) is 12.0. The van der Waals surface area contributed by atoms with Gasteiger partial charge in [0.25, 0.3) is 11.6 Å². The highest BCUT2D eigenvalue weighted by molar-refractivity contribution is 6.11. The van der Waals surface area contributed by atoms with Gasteiger partial charge in [-0.2, -0.15) is 0 Å². The maximum Gasteiger partial charge on any atom is 0.269 e. The van der Waals surface area contributed by atoms with Crippen molar-refractivity contribution in [2.45, 2.75) is 12.5 Å². The van der Waals surface area contributed by atoms with E-state index in [1.165, 1.54) is 29.2 Å². The monoisotopic (exact) mass is 311 g/mol. The molecule has 1 aliphatic rings. The summed E-state index contributed by atoms with van der Waals surface area (Å²) >= 11 is 0. The second-order valence-corrected chi connectivity index (χ2v) is 5.23. The summed E-state index contributed by atoms with van der Waals surface area (Å²) in [4.78, 5) is 36.0. The normalized spacial score (nSPS) is 16.0.